The second kappa shape index (κ2) is 6.14. The molecule has 3 rings (SSSR count). The van der Waals surface area contributed by atoms with Crippen molar-refractivity contribution in [1.82, 2.24) is 14.8 Å². The summed E-state index contributed by atoms with van der Waals surface area (Å²) in [5.41, 5.74) is 2.69. The maximum absolute atomic E-state index is 11.1. The molecule has 1 aromatic carbocycles. The van der Waals surface area contributed by atoms with Gasteiger partial charge in [0.2, 0.25) is 5.88 Å². The number of carbonyl (C=O) groups is 1. The standard InChI is InChI=1S/C17H11ClN4O2/c1-10-15(12-4-2-11(8-19)3-5-12)17(24)22(21-10)14-7-6-13(9-20-14)16(18)23/h2-7,9,24H,1H3. The zero-order valence-electron chi connectivity index (χ0n) is 12.6. The van der Waals surface area contributed by atoms with Gasteiger partial charge in [0.25, 0.3) is 5.24 Å². The first-order valence-corrected chi connectivity index (χ1v) is 7.34. The van der Waals surface area contributed by atoms with Crippen molar-refractivity contribution in [1.29, 1.82) is 5.26 Å². The van der Waals surface area contributed by atoms with Crippen molar-refractivity contribution in [2.45, 2.75) is 6.92 Å². The molecular weight excluding hydrogens is 328 g/mol. The van der Waals surface area contributed by atoms with Crippen LogP contribution in [0.15, 0.2) is 42.6 Å². The lowest BCUT2D eigenvalue weighted by Gasteiger charge is -2.04. The zero-order valence-corrected chi connectivity index (χ0v) is 13.3. The van der Waals surface area contributed by atoms with Crippen molar-refractivity contribution in [2.24, 2.45) is 0 Å². The third-order valence-electron chi connectivity index (χ3n) is 3.53. The van der Waals surface area contributed by atoms with Crippen LogP contribution in [-0.4, -0.2) is 25.1 Å². The van der Waals surface area contributed by atoms with E-state index in [0.717, 1.165) is 5.56 Å². The number of benzene rings is 1. The minimum Gasteiger partial charge on any atom is -0.493 e. The van der Waals surface area contributed by atoms with Gasteiger partial charge in [0.15, 0.2) is 5.82 Å². The fourth-order valence-corrected chi connectivity index (χ4v) is 2.46. The molecular formula is C17H11ClN4O2. The molecule has 7 heteroatoms. The lowest BCUT2D eigenvalue weighted by molar-refractivity contribution is 0.108. The monoisotopic (exact) mass is 338 g/mol. The molecule has 1 N–H and O–H groups in total. The molecule has 0 spiro atoms. The normalized spacial score (nSPS) is 10.4. The Morgan fingerprint density at radius 2 is 1.96 bits per heavy atom. The first-order chi connectivity index (χ1) is 11.5. The van der Waals surface area contributed by atoms with Gasteiger partial charge in [-0.2, -0.15) is 15.0 Å². The number of hydrogen-bond donors (Lipinski definition) is 1. The topological polar surface area (TPSA) is 91.8 Å². The predicted octanol–water partition coefficient (Wildman–Crippen LogP) is 3.20. The van der Waals surface area contributed by atoms with Gasteiger partial charge in [0.05, 0.1) is 28.5 Å². The lowest BCUT2D eigenvalue weighted by atomic mass is 10.0. The minimum absolute atomic E-state index is 0.0744. The Balaban J connectivity index is 2.05. The first-order valence-electron chi connectivity index (χ1n) is 6.96. The van der Waals surface area contributed by atoms with Crippen LogP contribution in [0.5, 0.6) is 5.88 Å². The predicted molar refractivity (Wildman–Crippen MR) is 88.1 cm³/mol. The number of aromatic nitrogens is 3. The first kappa shape index (κ1) is 15.7. The van der Waals surface area contributed by atoms with Crippen LogP contribution in [0, 0.1) is 18.3 Å². The molecule has 0 bridgehead atoms. The second-order valence-electron chi connectivity index (χ2n) is 5.06. The van der Waals surface area contributed by atoms with Gasteiger partial charge in [-0.3, -0.25) is 4.79 Å². The van der Waals surface area contributed by atoms with Gasteiger partial charge in [-0.25, -0.2) is 4.98 Å². The Hall–Kier alpha value is -3.17. The molecule has 2 heterocycles. The summed E-state index contributed by atoms with van der Waals surface area (Å²) in [6.07, 6.45) is 1.32. The van der Waals surface area contributed by atoms with E-state index < -0.39 is 5.24 Å². The molecule has 0 unspecified atom stereocenters. The summed E-state index contributed by atoms with van der Waals surface area (Å²) in [4.78, 5) is 15.2. The van der Waals surface area contributed by atoms with Crippen molar-refractivity contribution >= 4 is 16.8 Å². The van der Waals surface area contributed by atoms with Crippen LogP contribution in [-0.2, 0) is 0 Å². The smallest absolute Gasteiger partial charge is 0.253 e. The van der Waals surface area contributed by atoms with Crippen molar-refractivity contribution < 1.29 is 9.90 Å². The minimum atomic E-state index is -0.604. The molecule has 0 saturated heterocycles. The van der Waals surface area contributed by atoms with Gasteiger partial charge in [0, 0.05) is 6.20 Å². The van der Waals surface area contributed by atoms with E-state index in [0.29, 0.717) is 22.6 Å². The zero-order chi connectivity index (χ0) is 17.3. The Morgan fingerprint density at radius 3 is 2.50 bits per heavy atom. The Morgan fingerprint density at radius 1 is 1.25 bits per heavy atom. The van der Waals surface area contributed by atoms with E-state index in [9.17, 15) is 9.90 Å². The third-order valence-corrected chi connectivity index (χ3v) is 3.75. The molecule has 24 heavy (non-hydrogen) atoms. The van der Waals surface area contributed by atoms with Crippen molar-refractivity contribution in [2.75, 3.05) is 0 Å². The highest BCUT2D eigenvalue weighted by atomic mass is 35.5. The summed E-state index contributed by atoms with van der Waals surface area (Å²) in [6.45, 7) is 1.76. The molecule has 0 amide bonds. The highest BCUT2D eigenvalue weighted by molar-refractivity contribution is 6.67. The van der Waals surface area contributed by atoms with Gasteiger partial charge >= 0.3 is 0 Å². The average Bonchev–Trinajstić information content (AvgIpc) is 2.89. The molecule has 6 nitrogen and oxygen atoms in total. The summed E-state index contributed by atoms with van der Waals surface area (Å²) < 4.78 is 1.28. The summed E-state index contributed by atoms with van der Waals surface area (Å²) in [7, 11) is 0. The molecule has 0 saturated carbocycles. The number of aryl methyl sites for hydroxylation is 1. The molecule has 0 aliphatic carbocycles. The number of hydrogen-bond acceptors (Lipinski definition) is 5. The van der Waals surface area contributed by atoms with Crippen LogP contribution >= 0.6 is 11.6 Å². The number of rotatable bonds is 3. The quantitative estimate of drug-likeness (QED) is 0.740. The van der Waals surface area contributed by atoms with E-state index in [1.807, 2.05) is 6.07 Å². The van der Waals surface area contributed by atoms with E-state index in [4.69, 9.17) is 16.9 Å². The second-order valence-corrected chi connectivity index (χ2v) is 5.41. The maximum atomic E-state index is 11.1. The van der Waals surface area contributed by atoms with E-state index in [1.54, 1.807) is 37.3 Å². The van der Waals surface area contributed by atoms with Crippen molar-refractivity contribution in [3.05, 3.63) is 59.4 Å². The molecule has 0 aliphatic heterocycles. The molecule has 0 aliphatic rings. The van der Waals surface area contributed by atoms with Crippen molar-refractivity contribution in [3.8, 4) is 28.9 Å². The number of pyridine rings is 1. The van der Waals surface area contributed by atoms with Crippen LogP contribution in [0.3, 0.4) is 0 Å². The lowest BCUT2D eigenvalue weighted by Crippen LogP contribution is -2.00. The number of carbonyl (C=O) groups excluding carboxylic acids is 1. The molecule has 3 aromatic rings. The van der Waals surface area contributed by atoms with Gasteiger partial charge in [-0.1, -0.05) is 12.1 Å². The maximum Gasteiger partial charge on any atom is 0.253 e. The Bertz CT molecular complexity index is 954. The SMILES string of the molecule is Cc1nn(-c2ccc(C(=O)Cl)cn2)c(O)c1-c1ccc(C#N)cc1. The largest absolute Gasteiger partial charge is 0.493 e. The molecule has 118 valence electrons. The fourth-order valence-electron chi connectivity index (χ4n) is 2.35. The summed E-state index contributed by atoms with van der Waals surface area (Å²) >= 11 is 5.39. The van der Waals surface area contributed by atoms with Crippen LogP contribution in [0.25, 0.3) is 16.9 Å². The van der Waals surface area contributed by atoms with E-state index >= 15 is 0 Å². The molecule has 0 radical (unpaired) electrons. The summed E-state index contributed by atoms with van der Waals surface area (Å²) in [6, 6.07) is 11.9. The highest BCUT2D eigenvalue weighted by Crippen LogP contribution is 2.33. The highest BCUT2D eigenvalue weighted by Gasteiger charge is 2.18. The van der Waals surface area contributed by atoms with Gasteiger partial charge in [0.1, 0.15) is 0 Å². The van der Waals surface area contributed by atoms with Gasteiger partial charge in [-0.15, -0.1) is 0 Å². The van der Waals surface area contributed by atoms with Crippen LogP contribution in [0.2, 0.25) is 0 Å². The third kappa shape index (κ3) is 2.73. The van der Waals surface area contributed by atoms with Gasteiger partial charge in [-0.05, 0) is 48.4 Å². The fraction of sp³-hybridized carbons (Fsp3) is 0.0588. The number of aromatic hydroxyl groups is 1. The average molecular weight is 339 g/mol. The Kier molecular flexibility index (Phi) is 4.02. The number of nitriles is 1. The van der Waals surface area contributed by atoms with Crippen LogP contribution in [0.4, 0.5) is 0 Å². The Labute approximate surface area is 142 Å². The molecule has 0 atom stereocenters. The summed E-state index contributed by atoms with van der Waals surface area (Å²) in [5.74, 6) is 0.284. The van der Waals surface area contributed by atoms with Crippen molar-refractivity contribution in [3.63, 3.8) is 0 Å². The molecule has 0 fully saturated rings. The van der Waals surface area contributed by atoms with E-state index in [1.165, 1.54) is 16.9 Å². The van der Waals surface area contributed by atoms with Crippen LogP contribution in [0.1, 0.15) is 21.6 Å². The van der Waals surface area contributed by atoms with Gasteiger partial charge < -0.3 is 5.11 Å². The van der Waals surface area contributed by atoms with Crippen LogP contribution < -0.4 is 0 Å². The number of nitrogens with zero attached hydrogens (tertiary/aromatic N) is 4. The van der Waals surface area contributed by atoms with E-state index in [2.05, 4.69) is 10.1 Å². The summed E-state index contributed by atoms with van der Waals surface area (Å²) in [5, 5.41) is 23.1. The molecule has 2 aromatic heterocycles. The van der Waals surface area contributed by atoms with E-state index in [-0.39, 0.29) is 11.4 Å². The number of halogens is 1.